The summed E-state index contributed by atoms with van der Waals surface area (Å²) >= 11 is 0. The van der Waals surface area contributed by atoms with Crippen LogP contribution in [0.15, 0.2) is 0 Å². The lowest BCUT2D eigenvalue weighted by molar-refractivity contribution is -0.148. The molecule has 0 spiro atoms. The van der Waals surface area contributed by atoms with Crippen LogP contribution in [0.2, 0.25) is 0 Å². The van der Waals surface area contributed by atoms with Gasteiger partial charge in [-0.25, -0.2) is 0 Å². The Morgan fingerprint density at radius 1 is 0.625 bits per heavy atom. The van der Waals surface area contributed by atoms with E-state index < -0.39 is 0 Å². The van der Waals surface area contributed by atoms with E-state index in [9.17, 15) is 9.59 Å². The maximum Gasteiger partial charge on any atom is 0.305 e. The predicted octanol–water partition coefficient (Wildman–Crippen LogP) is 8.30. The van der Waals surface area contributed by atoms with Crippen LogP contribution in [0.3, 0.4) is 0 Å². The molecule has 0 aromatic carbocycles. The summed E-state index contributed by atoms with van der Waals surface area (Å²) in [6.07, 6.45) is 23.6. The highest BCUT2D eigenvalue weighted by molar-refractivity contribution is 5.69. The molecule has 1 rings (SSSR count). The molecule has 1 aliphatic carbocycles. The van der Waals surface area contributed by atoms with Crippen LogP contribution >= 0.6 is 0 Å². The summed E-state index contributed by atoms with van der Waals surface area (Å²) in [6.45, 7) is 5.68. The fourth-order valence-corrected chi connectivity index (χ4v) is 4.62. The van der Waals surface area contributed by atoms with E-state index in [0.29, 0.717) is 26.1 Å². The Hall–Kier alpha value is -1.06. The SMILES string of the molecule is CCCCCCCCCCOC(=O)CCCCCCCCC(=O)OCC1(C)CCCCC1. The molecule has 0 saturated heterocycles. The highest BCUT2D eigenvalue weighted by atomic mass is 16.5. The molecule has 0 radical (unpaired) electrons. The van der Waals surface area contributed by atoms with Gasteiger partial charge in [0, 0.05) is 18.3 Å². The molecule has 188 valence electrons. The second-order valence-corrected chi connectivity index (χ2v) is 10.3. The van der Waals surface area contributed by atoms with Crippen molar-refractivity contribution in [2.24, 2.45) is 5.41 Å². The minimum Gasteiger partial charge on any atom is -0.466 e. The second kappa shape index (κ2) is 19.4. The van der Waals surface area contributed by atoms with Crippen LogP contribution in [0.25, 0.3) is 0 Å². The number of rotatable bonds is 20. The van der Waals surface area contributed by atoms with Crippen molar-refractivity contribution in [2.75, 3.05) is 13.2 Å². The third-order valence-corrected chi connectivity index (χ3v) is 6.92. The highest BCUT2D eigenvalue weighted by Crippen LogP contribution is 2.35. The Labute approximate surface area is 198 Å². The van der Waals surface area contributed by atoms with Crippen molar-refractivity contribution in [1.82, 2.24) is 0 Å². The summed E-state index contributed by atoms with van der Waals surface area (Å²) in [5.74, 6) is -0.0709. The molecule has 0 aromatic rings. The lowest BCUT2D eigenvalue weighted by Crippen LogP contribution is -2.27. The molecule has 32 heavy (non-hydrogen) atoms. The molecule has 0 heterocycles. The van der Waals surface area contributed by atoms with Crippen LogP contribution < -0.4 is 0 Å². The van der Waals surface area contributed by atoms with E-state index in [0.717, 1.165) is 44.9 Å². The Balaban J connectivity index is 1.82. The van der Waals surface area contributed by atoms with Crippen LogP contribution in [0.4, 0.5) is 0 Å². The normalized spacial score (nSPS) is 15.4. The third kappa shape index (κ3) is 16.6. The molecule has 0 aromatic heterocycles. The van der Waals surface area contributed by atoms with Crippen molar-refractivity contribution in [3.05, 3.63) is 0 Å². The molecule has 0 unspecified atom stereocenters. The number of unbranched alkanes of at least 4 members (excludes halogenated alkanes) is 12. The Morgan fingerprint density at radius 2 is 1.09 bits per heavy atom. The van der Waals surface area contributed by atoms with Crippen molar-refractivity contribution in [2.45, 2.75) is 149 Å². The second-order valence-electron chi connectivity index (χ2n) is 10.3. The average molecular weight is 453 g/mol. The summed E-state index contributed by atoms with van der Waals surface area (Å²) in [5.41, 5.74) is 0.211. The van der Waals surface area contributed by atoms with Crippen molar-refractivity contribution in [3.8, 4) is 0 Å². The van der Waals surface area contributed by atoms with E-state index in [2.05, 4.69) is 13.8 Å². The summed E-state index contributed by atoms with van der Waals surface area (Å²) in [6, 6.07) is 0. The number of ether oxygens (including phenoxy) is 2. The fraction of sp³-hybridized carbons (Fsp3) is 0.929. The van der Waals surface area contributed by atoms with E-state index >= 15 is 0 Å². The molecule has 0 atom stereocenters. The van der Waals surface area contributed by atoms with Gasteiger partial charge in [0.15, 0.2) is 0 Å². The predicted molar refractivity (Wildman–Crippen MR) is 133 cm³/mol. The van der Waals surface area contributed by atoms with E-state index in [1.165, 1.54) is 77.0 Å². The minimum atomic E-state index is -0.0395. The topological polar surface area (TPSA) is 52.6 Å². The zero-order chi connectivity index (χ0) is 23.3. The van der Waals surface area contributed by atoms with Crippen molar-refractivity contribution in [3.63, 3.8) is 0 Å². The van der Waals surface area contributed by atoms with Crippen LogP contribution in [-0.2, 0) is 19.1 Å². The van der Waals surface area contributed by atoms with Gasteiger partial charge in [-0.2, -0.15) is 0 Å². The number of hydrogen-bond donors (Lipinski definition) is 0. The van der Waals surface area contributed by atoms with Gasteiger partial charge in [0.2, 0.25) is 0 Å². The number of esters is 2. The van der Waals surface area contributed by atoms with Crippen LogP contribution in [0, 0.1) is 5.41 Å². The smallest absolute Gasteiger partial charge is 0.305 e. The summed E-state index contributed by atoms with van der Waals surface area (Å²) in [5, 5.41) is 0. The fourth-order valence-electron chi connectivity index (χ4n) is 4.62. The first-order chi connectivity index (χ1) is 15.6. The van der Waals surface area contributed by atoms with E-state index in [1.54, 1.807) is 0 Å². The molecule has 0 N–H and O–H groups in total. The third-order valence-electron chi connectivity index (χ3n) is 6.92. The van der Waals surface area contributed by atoms with Crippen molar-refractivity contribution in [1.29, 1.82) is 0 Å². The van der Waals surface area contributed by atoms with Gasteiger partial charge < -0.3 is 9.47 Å². The van der Waals surface area contributed by atoms with Crippen molar-refractivity contribution < 1.29 is 19.1 Å². The molecule has 4 nitrogen and oxygen atoms in total. The number of hydrogen-bond acceptors (Lipinski definition) is 4. The molecule has 4 heteroatoms. The molecule has 0 amide bonds. The molecule has 1 fully saturated rings. The Bertz CT molecular complexity index is 468. The molecule has 1 aliphatic rings. The lowest BCUT2D eigenvalue weighted by Gasteiger charge is -2.32. The van der Waals surface area contributed by atoms with Crippen LogP contribution in [-0.4, -0.2) is 25.2 Å². The molecule has 0 bridgehead atoms. The maximum atomic E-state index is 12.0. The molecular weight excluding hydrogens is 400 g/mol. The van der Waals surface area contributed by atoms with Gasteiger partial charge >= 0.3 is 11.9 Å². The van der Waals surface area contributed by atoms with Gasteiger partial charge in [0.1, 0.15) is 0 Å². The first kappa shape index (κ1) is 29.0. The van der Waals surface area contributed by atoms with Gasteiger partial charge in [-0.3, -0.25) is 9.59 Å². The van der Waals surface area contributed by atoms with Crippen LogP contribution in [0.1, 0.15) is 149 Å². The first-order valence-electron chi connectivity index (χ1n) is 13.9. The van der Waals surface area contributed by atoms with Gasteiger partial charge in [-0.15, -0.1) is 0 Å². The van der Waals surface area contributed by atoms with E-state index in [4.69, 9.17) is 9.47 Å². The zero-order valence-corrected chi connectivity index (χ0v) is 21.4. The Morgan fingerprint density at radius 3 is 1.66 bits per heavy atom. The van der Waals surface area contributed by atoms with Crippen LogP contribution in [0.5, 0.6) is 0 Å². The first-order valence-corrected chi connectivity index (χ1v) is 13.9. The monoisotopic (exact) mass is 452 g/mol. The Kier molecular flexibility index (Phi) is 17.6. The average Bonchev–Trinajstić information content (AvgIpc) is 2.79. The van der Waals surface area contributed by atoms with Crippen molar-refractivity contribution >= 4 is 11.9 Å². The summed E-state index contributed by atoms with van der Waals surface area (Å²) < 4.78 is 10.9. The lowest BCUT2D eigenvalue weighted by atomic mass is 9.76. The molecular formula is C28H52O4. The molecule has 1 saturated carbocycles. The summed E-state index contributed by atoms with van der Waals surface area (Å²) in [7, 11) is 0. The van der Waals surface area contributed by atoms with Gasteiger partial charge in [0.25, 0.3) is 0 Å². The largest absolute Gasteiger partial charge is 0.466 e. The number of carbonyl (C=O) groups is 2. The quantitative estimate of drug-likeness (QED) is 0.138. The van der Waals surface area contributed by atoms with E-state index in [-0.39, 0.29) is 17.4 Å². The summed E-state index contributed by atoms with van der Waals surface area (Å²) in [4.78, 5) is 23.7. The standard InChI is InChI=1S/C28H52O4/c1-3-4-5-6-7-10-13-19-24-31-26(29)20-15-11-8-9-12-16-21-27(30)32-25-28(2)22-17-14-18-23-28/h3-25H2,1-2H3. The maximum absolute atomic E-state index is 12.0. The number of carbonyl (C=O) groups excluding carboxylic acids is 2. The van der Waals surface area contributed by atoms with E-state index in [1.807, 2.05) is 0 Å². The van der Waals surface area contributed by atoms with Gasteiger partial charge in [-0.1, -0.05) is 104 Å². The highest BCUT2D eigenvalue weighted by Gasteiger charge is 2.28. The minimum absolute atomic E-state index is 0.0314. The van der Waals surface area contributed by atoms with Gasteiger partial charge in [0.05, 0.1) is 13.2 Å². The molecule has 0 aliphatic heterocycles. The zero-order valence-electron chi connectivity index (χ0n) is 21.4. The van der Waals surface area contributed by atoms with Gasteiger partial charge in [-0.05, 0) is 32.1 Å².